The molecule has 0 fully saturated rings. The maximum Gasteiger partial charge on any atom is 0.311 e. The third-order valence-corrected chi connectivity index (χ3v) is 3.11. The first-order chi connectivity index (χ1) is 9.99. The molecule has 1 aromatic carbocycles. The smallest absolute Gasteiger partial charge is 0.311 e. The van der Waals surface area contributed by atoms with Gasteiger partial charge in [-0.05, 0) is 13.8 Å². The first-order valence-electron chi connectivity index (χ1n) is 6.44. The van der Waals surface area contributed by atoms with E-state index in [1.165, 1.54) is 0 Å². The van der Waals surface area contributed by atoms with Crippen molar-refractivity contribution in [1.29, 1.82) is 0 Å². The van der Waals surface area contributed by atoms with Crippen molar-refractivity contribution in [2.45, 2.75) is 26.4 Å². The molecule has 1 aromatic heterocycles. The number of ether oxygens (including phenoxy) is 1. The molecule has 0 saturated heterocycles. The summed E-state index contributed by atoms with van der Waals surface area (Å²) < 4.78 is 10.2. The third-order valence-electron chi connectivity index (χ3n) is 3.11. The molecule has 1 heterocycles. The number of amides is 1. The summed E-state index contributed by atoms with van der Waals surface area (Å²) in [4.78, 5) is 23.5. The normalized spacial score (nSPS) is 11.9. The molecule has 110 valence electrons. The predicted octanol–water partition coefficient (Wildman–Crippen LogP) is 1.60. The summed E-state index contributed by atoms with van der Waals surface area (Å²) in [6.45, 7) is 3.45. The number of aryl methyl sites for hydroxylation is 2. The lowest BCUT2D eigenvalue weighted by molar-refractivity contribution is -0.154. The standard InChI is InChI=1S/C15H16N2O4/c1-9-12(10(2)21-17-9)8-13(18)20-14(15(16)19)11-6-4-3-5-7-11/h3-7,14H,8H2,1-2H3,(H2,16,19)/t14-/m0/s1. The van der Waals surface area contributed by atoms with Crippen molar-refractivity contribution in [2.75, 3.05) is 0 Å². The van der Waals surface area contributed by atoms with E-state index in [4.69, 9.17) is 15.0 Å². The van der Waals surface area contributed by atoms with Gasteiger partial charge in [0, 0.05) is 11.1 Å². The summed E-state index contributed by atoms with van der Waals surface area (Å²) in [5, 5.41) is 3.77. The van der Waals surface area contributed by atoms with Gasteiger partial charge in [-0.25, -0.2) is 0 Å². The van der Waals surface area contributed by atoms with Crippen LogP contribution in [-0.2, 0) is 20.7 Å². The van der Waals surface area contributed by atoms with Crippen LogP contribution < -0.4 is 5.73 Å². The average molecular weight is 288 g/mol. The zero-order valence-electron chi connectivity index (χ0n) is 11.8. The molecule has 1 atom stereocenters. The minimum atomic E-state index is -1.10. The number of nitrogens with two attached hydrogens (primary N) is 1. The van der Waals surface area contributed by atoms with Gasteiger partial charge >= 0.3 is 5.97 Å². The van der Waals surface area contributed by atoms with Crippen LogP contribution in [0.15, 0.2) is 34.9 Å². The number of carbonyl (C=O) groups is 2. The van der Waals surface area contributed by atoms with Crippen molar-refractivity contribution in [3.8, 4) is 0 Å². The number of esters is 1. The summed E-state index contributed by atoms with van der Waals surface area (Å²) >= 11 is 0. The maximum absolute atomic E-state index is 12.0. The molecule has 0 radical (unpaired) electrons. The summed E-state index contributed by atoms with van der Waals surface area (Å²) in [5.41, 5.74) is 7.13. The first-order valence-corrected chi connectivity index (χ1v) is 6.44. The molecule has 21 heavy (non-hydrogen) atoms. The molecule has 6 nitrogen and oxygen atoms in total. The Balaban J connectivity index is 2.11. The predicted molar refractivity (Wildman–Crippen MR) is 74.2 cm³/mol. The number of aromatic nitrogens is 1. The highest BCUT2D eigenvalue weighted by molar-refractivity contribution is 5.84. The summed E-state index contributed by atoms with van der Waals surface area (Å²) in [6, 6.07) is 8.64. The zero-order valence-corrected chi connectivity index (χ0v) is 11.8. The van der Waals surface area contributed by atoms with Gasteiger partial charge in [-0.3, -0.25) is 9.59 Å². The van der Waals surface area contributed by atoms with Gasteiger partial charge in [0.1, 0.15) is 5.76 Å². The number of nitrogens with zero attached hydrogens (tertiary/aromatic N) is 1. The van der Waals surface area contributed by atoms with Gasteiger partial charge in [-0.15, -0.1) is 0 Å². The molecule has 2 N–H and O–H groups in total. The van der Waals surface area contributed by atoms with Gasteiger partial charge in [0.05, 0.1) is 12.1 Å². The molecule has 1 amide bonds. The van der Waals surface area contributed by atoms with Crippen LogP contribution in [0.2, 0.25) is 0 Å². The molecule has 6 heteroatoms. The average Bonchev–Trinajstić information content (AvgIpc) is 2.77. The molecule has 0 saturated carbocycles. The third kappa shape index (κ3) is 3.47. The number of primary amides is 1. The van der Waals surface area contributed by atoms with E-state index in [0.717, 1.165) is 0 Å². The van der Waals surface area contributed by atoms with Gasteiger partial charge in [0.25, 0.3) is 5.91 Å². The highest BCUT2D eigenvalue weighted by atomic mass is 16.5. The van der Waals surface area contributed by atoms with Crippen LogP contribution in [0.3, 0.4) is 0 Å². The van der Waals surface area contributed by atoms with Crippen LogP contribution in [0.4, 0.5) is 0 Å². The van der Waals surface area contributed by atoms with Crippen molar-refractivity contribution in [2.24, 2.45) is 5.73 Å². The fourth-order valence-corrected chi connectivity index (χ4v) is 1.99. The summed E-state index contributed by atoms with van der Waals surface area (Å²) in [5.74, 6) is -0.717. The van der Waals surface area contributed by atoms with Crippen LogP contribution >= 0.6 is 0 Å². The van der Waals surface area contributed by atoms with E-state index in [1.54, 1.807) is 44.2 Å². The van der Waals surface area contributed by atoms with E-state index in [2.05, 4.69) is 5.16 Å². The molecule has 0 aliphatic rings. The van der Waals surface area contributed by atoms with E-state index in [1.807, 2.05) is 0 Å². The summed E-state index contributed by atoms with van der Waals surface area (Å²) in [7, 11) is 0. The molecule has 2 aromatic rings. The Morgan fingerprint density at radius 2 is 1.95 bits per heavy atom. The number of carbonyl (C=O) groups excluding carboxylic acids is 2. The number of hydrogen-bond donors (Lipinski definition) is 1. The molecule has 0 unspecified atom stereocenters. The molecular weight excluding hydrogens is 272 g/mol. The second kappa shape index (κ2) is 6.21. The molecule has 0 bridgehead atoms. The van der Waals surface area contributed by atoms with Crippen LogP contribution in [0, 0.1) is 13.8 Å². The molecule has 0 aliphatic carbocycles. The molecule has 2 rings (SSSR count). The van der Waals surface area contributed by atoms with E-state index >= 15 is 0 Å². The van der Waals surface area contributed by atoms with Crippen molar-refractivity contribution in [3.05, 3.63) is 52.9 Å². The fraction of sp³-hybridized carbons (Fsp3) is 0.267. The second-order valence-corrected chi connectivity index (χ2v) is 4.66. The number of hydrogen-bond acceptors (Lipinski definition) is 5. The molecule has 0 aliphatic heterocycles. The van der Waals surface area contributed by atoms with Crippen molar-refractivity contribution in [3.63, 3.8) is 0 Å². The van der Waals surface area contributed by atoms with Crippen molar-refractivity contribution < 1.29 is 18.8 Å². The number of benzene rings is 1. The lowest BCUT2D eigenvalue weighted by atomic mass is 10.1. The Kier molecular flexibility index (Phi) is 4.37. The Hall–Kier alpha value is -2.63. The van der Waals surface area contributed by atoms with Crippen molar-refractivity contribution in [1.82, 2.24) is 5.16 Å². The Labute approximate surface area is 121 Å². The van der Waals surface area contributed by atoms with Crippen LogP contribution in [0.25, 0.3) is 0 Å². The summed E-state index contributed by atoms with van der Waals surface area (Å²) in [6.07, 6.45) is -1.11. The molecular formula is C15H16N2O4. The highest BCUT2D eigenvalue weighted by Gasteiger charge is 2.23. The Morgan fingerprint density at radius 3 is 2.48 bits per heavy atom. The zero-order chi connectivity index (χ0) is 15.4. The largest absolute Gasteiger partial charge is 0.447 e. The quantitative estimate of drug-likeness (QED) is 0.843. The highest BCUT2D eigenvalue weighted by Crippen LogP contribution is 2.19. The number of rotatable bonds is 5. The van der Waals surface area contributed by atoms with Gasteiger partial charge in [-0.1, -0.05) is 35.5 Å². The van der Waals surface area contributed by atoms with Crippen LogP contribution in [0.5, 0.6) is 0 Å². The van der Waals surface area contributed by atoms with Crippen molar-refractivity contribution >= 4 is 11.9 Å². The lowest BCUT2D eigenvalue weighted by Gasteiger charge is -2.14. The van der Waals surface area contributed by atoms with E-state index in [-0.39, 0.29) is 6.42 Å². The Bertz CT molecular complexity index is 629. The SMILES string of the molecule is Cc1noc(C)c1CC(=O)O[C@H](C(N)=O)c1ccccc1. The van der Waals surface area contributed by atoms with Gasteiger partial charge < -0.3 is 15.0 Å². The van der Waals surface area contributed by atoms with E-state index < -0.39 is 18.0 Å². The monoisotopic (exact) mass is 288 g/mol. The lowest BCUT2D eigenvalue weighted by Crippen LogP contribution is -2.26. The maximum atomic E-state index is 12.0. The van der Waals surface area contributed by atoms with Crippen LogP contribution in [-0.4, -0.2) is 17.0 Å². The van der Waals surface area contributed by atoms with E-state index in [9.17, 15) is 9.59 Å². The van der Waals surface area contributed by atoms with Gasteiger partial charge in [0.15, 0.2) is 0 Å². The first kappa shape index (κ1) is 14.8. The van der Waals surface area contributed by atoms with Crippen LogP contribution in [0.1, 0.15) is 28.7 Å². The van der Waals surface area contributed by atoms with Gasteiger partial charge in [0.2, 0.25) is 6.10 Å². The second-order valence-electron chi connectivity index (χ2n) is 4.66. The topological polar surface area (TPSA) is 95.4 Å². The minimum Gasteiger partial charge on any atom is -0.447 e. The fourth-order valence-electron chi connectivity index (χ4n) is 1.99. The van der Waals surface area contributed by atoms with E-state index in [0.29, 0.717) is 22.6 Å². The Morgan fingerprint density at radius 1 is 1.29 bits per heavy atom. The molecule has 0 spiro atoms. The van der Waals surface area contributed by atoms with Gasteiger partial charge in [-0.2, -0.15) is 0 Å². The minimum absolute atomic E-state index is 0.0161.